The van der Waals surface area contributed by atoms with Gasteiger partial charge < -0.3 is 0 Å². The van der Waals surface area contributed by atoms with E-state index < -0.39 is 0 Å². The van der Waals surface area contributed by atoms with Crippen LogP contribution in [0.3, 0.4) is 0 Å². The quantitative estimate of drug-likeness (QED) is 0.499. The summed E-state index contributed by atoms with van der Waals surface area (Å²) in [5.74, 6) is 1.51. The molecule has 2 heterocycles. The first kappa shape index (κ1) is 20.1. The maximum atomic E-state index is 13.5. The van der Waals surface area contributed by atoms with Gasteiger partial charge in [-0.3, -0.25) is 9.47 Å². The number of likely N-dealkylation sites (tertiary alicyclic amines) is 1. The Morgan fingerprint density at radius 1 is 1.00 bits per heavy atom. The van der Waals surface area contributed by atoms with Gasteiger partial charge in [0.25, 0.3) is 0 Å². The van der Waals surface area contributed by atoms with E-state index in [1.807, 2.05) is 12.1 Å². The molecule has 1 atom stereocenters. The van der Waals surface area contributed by atoms with Gasteiger partial charge in [-0.25, -0.2) is 4.39 Å². The Morgan fingerprint density at radius 3 is 2.45 bits per heavy atom. The summed E-state index contributed by atoms with van der Waals surface area (Å²) in [6, 6.07) is 15.2. The summed E-state index contributed by atoms with van der Waals surface area (Å²) >= 11 is 1.68. The molecule has 3 aromatic rings. The van der Waals surface area contributed by atoms with Crippen molar-refractivity contribution < 1.29 is 4.39 Å². The zero-order chi connectivity index (χ0) is 20.2. The van der Waals surface area contributed by atoms with Gasteiger partial charge in [-0.1, -0.05) is 42.4 Å². The van der Waals surface area contributed by atoms with E-state index in [0.717, 1.165) is 35.5 Å². The van der Waals surface area contributed by atoms with Crippen molar-refractivity contribution in [3.8, 4) is 5.69 Å². The summed E-state index contributed by atoms with van der Waals surface area (Å²) in [5, 5.41) is 9.96. The van der Waals surface area contributed by atoms with Crippen LogP contribution >= 0.6 is 11.8 Å². The Hall–Kier alpha value is -2.18. The zero-order valence-corrected chi connectivity index (χ0v) is 17.8. The Kier molecular flexibility index (Phi) is 6.31. The van der Waals surface area contributed by atoms with Crippen LogP contribution in [0.4, 0.5) is 4.39 Å². The van der Waals surface area contributed by atoms with Crippen molar-refractivity contribution in [1.29, 1.82) is 0 Å². The van der Waals surface area contributed by atoms with Gasteiger partial charge in [0, 0.05) is 11.4 Å². The molecule has 0 N–H and O–H groups in total. The molecular weight excluding hydrogens is 383 g/mol. The highest BCUT2D eigenvalue weighted by molar-refractivity contribution is 7.98. The fourth-order valence-corrected chi connectivity index (χ4v) is 4.90. The van der Waals surface area contributed by atoms with Crippen LogP contribution in [0.15, 0.2) is 53.7 Å². The van der Waals surface area contributed by atoms with Crippen LogP contribution in [-0.4, -0.2) is 32.8 Å². The maximum Gasteiger partial charge on any atom is 0.196 e. The van der Waals surface area contributed by atoms with Crippen molar-refractivity contribution >= 4 is 11.8 Å². The second-order valence-corrected chi connectivity index (χ2v) is 8.58. The highest BCUT2D eigenvalue weighted by Crippen LogP contribution is 2.31. The molecule has 0 bridgehead atoms. The van der Waals surface area contributed by atoms with Gasteiger partial charge in [0.05, 0.1) is 6.04 Å². The van der Waals surface area contributed by atoms with E-state index in [2.05, 4.69) is 57.8 Å². The molecule has 1 aliphatic heterocycles. The molecule has 0 radical (unpaired) electrons. The molecule has 152 valence electrons. The number of benzene rings is 2. The van der Waals surface area contributed by atoms with Gasteiger partial charge in [0.15, 0.2) is 11.0 Å². The van der Waals surface area contributed by atoms with Crippen LogP contribution in [0, 0.1) is 12.7 Å². The molecule has 1 aromatic heterocycles. The lowest BCUT2D eigenvalue weighted by Crippen LogP contribution is -2.33. The minimum Gasteiger partial charge on any atom is -0.294 e. The molecule has 0 aliphatic carbocycles. The summed E-state index contributed by atoms with van der Waals surface area (Å²) in [4.78, 5) is 2.48. The summed E-state index contributed by atoms with van der Waals surface area (Å²) < 4.78 is 15.6. The number of hydrogen-bond donors (Lipinski definition) is 0. The van der Waals surface area contributed by atoms with Crippen LogP contribution < -0.4 is 0 Å². The van der Waals surface area contributed by atoms with E-state index >= 15 is 0 Å². The number of hydrogen-bond acceptors (Lipinski definition) is 4. The summed E-state index contributed by atoms with van der Waals surface area (Å²) in [6.07, 6.45) is 3.75. The SMILES string of the molecule is Cc1ccccc1CSc1nnc([C@@H](C)N2CCCCC2)n1-c1ccc(F)cc1. The number of rotatable bonds is 6. The fourth-order valence-electron chi connectivity index (χ4n) is 3.86. The average Bonchev–Trinajstić information content (AvgIpc) is 3.18. The Bertz CT molecular complexity index is 948. The van der Waals surface area contributed by atoms with Crippen LogP contribution in [0.5, 0.6) is 0 Å². The predicted molar refractivity (Wildman–Crippen MR) is 116 cm³/mol. The lowest BCUT2D eigenvalue weighted by atomic mass is 10.1. The van der Waals surface area contributed by atoms with E-state index in [0.29, 0.717) is 0 Å². The number of nitrogens with zero attached hydrogens (tertiary/aromatic N) is 4. The van der Waals surface area contributed by atoms with E-state index in [1.165, 1.54) is 42.5 Å². The molecule has 4 rings (SSSR count). The number of aryl methyl sites for hydroxylation is 1. The number of aromatic nitrogens is 3. The second-order valence-electron chi connectivity index (χ2n) is 7.64. The van der Waals surface area contributed by atoms with Crippen LogP contribution in [-0.2, 0) is 5.75 Å². The van der Waals surface area contributed by atoms with Crippen molar-refractivity contribution in [3.05, 3.63) is 71.3 Å². The molecule has 1 fully saturated rings. The maximum absolute atomic E-state index is 13.5. The standard InChI is InChI=1S/C23H27FN4S/c1-17-8-4-5-9-19(17)16-29-23-26-25-22(18(2)27-14-6-3-7-15-27)28(23)21-12-10-20(24)11-13-21/h4-5,8-13,18H,3,6-7,14-16H2,1-2H3/t18-/m1/s1. The van der Waals surface area contributed by atoms with E-state index in [1.54, 1.807) is 11.8 Å². The first-order valence-corrected chi connectivity index (χ1v) is 11.2. The van der Waals surface area contributed by atoms with Gasteiger partial charge in [-0.15, -0.1) is 10.2 Å². The van der Waals surface area contributed by atoms with Crippen molar-refractivity contribution in [2.75, 3.05) is 13.1 Å². The monoisotopic (exact) mass is 410 g/mol. The van der Waals surface area contributed by atoms with Gasteiger partial charge in [-0.05, 0) is 75.2 Å². The van der Waals surface area contributed by atoms with Crippen LogP contribution in [0.1, 0.15) is 49.2 Å². The van der Waals surface area contributed by atoms with Crippen molar-refractivity contribution in [1.82, 2.24) is 19.7 Å². The fraction of sp³-hybridized carbons (Fsp3) is 0.391. The minimum atomic E-state index is -0.235. The highest BCUT2D eigenvalue weighted by atomic mass is 32.2. The lowest BCUT2D eigenvalue weighted by Gasteiger charge is -2.31. The topological polar surface area (TPSA) is 34.0 Å². The molecule has 2 aromatic carbocycles. The van der Waals surface area contributed by atoms with Gasteiger partial charge in [0.2, 0.25) is 0 Å². The molecular formula is C23H27FN4S. The summed E-state index contributed by atoms with van der Waals surface area (Å²) in [6.45, 7) is 6.50. The van der Waals surface area contributed by atoms with E-state index in [-0.39, 0.29) is 11.9 Å². The molecule has 0 amide bonds. The molecule has 0 spiro atoms. The number of halogens is 1. The summed E-state index contributed by atoms with van der Waals surface area (Å²) in [5.41, 5.74) is 3.47. The third kappa shape index (κ3) is 4.54. The lowest BCUT2D eigenvalue weighted by molar-refractivity contribution is 0.167. The van der Waals surface area contributed by atoms with Crippen molar-refractivity contribution in [3.63, 3.8) is 0 Å². The predicted octanol–water partition coefficient (Wildman–Crippen LogP) is 5.55. The molecule has 0 unspecified atom stereocenters. The molecule has 29 heavy (non-hydrogen) atoms. The molecule has 1 saturated heterocycles. The Balaban J connectivity index is 1.66. The molecule has 1 aliphatic rings. The largest absolute Gasteiger partial charge is 0.294 e. The second kappa shape index (κ2) is 9.09. The van der Waals surface area contributed by atoms with Crippen LogP contribution in [0.25, 0.3) is 5.69 Å². The number of piperidine rings is 1. The smallest absolute Gasteiger partial charge is 0.196 e. The third-order valence-corrected chi connectivity index (χ3v) is 6.65. The van der Waals surface area contributed by atoms with Crippen molar-refractivity contribution in [2.45, 2.75) is 50.1 Å². The normalized spacial score (nSPS) is 16.1. The molecule has 0 saturated carbocycles. The Morgan fingerprint density at radius 2 is 1.72 bits per heavy atom. The van der Waals surface area contributed by atoms with Gasteiger partial charge in [-0.2, -0.15) is 0 Å². The van der Waals surface area contributed by atoms with E-state index in [9.17, 15) is 4.39 Å². The summed E-state index contributed by atoms with van der Waals surface area (Å²) in [7, 11) is 0. The Labute approximate surface area is 176 Å². The highest BCUT2D eigenvalue weighted by Gasteiger charge is 2.25. The van der Waals surface area contributed by atoms with Gasteiger partial charge >= 0.3 is 0 Å². The van der Waals surface area contributed by atoms with Crippen molar-refractivity contribution in [2.24, 2.45) is 0 Å². The van der Waals surface area contributed by atoms with Crippen LogP contribution in [0.2, 0.25) is 0 Å². The van der Waals surface area contributed by atoms with E-state index in [4.69, 9.17) is 0 Å². The first-order chi connectivity index (χ1) is 14.1. The number of thioether (sulfide) groups is 1. The first-order valence-electron chi connectivity index (χ1n) is 10.3. The van der Waals surface area contributed by atoms with Gasteiger partial charge in [0.1, 0.15) is 5.82 Å². The minimum absolute atomic E-state index is 0.167. The zero-order valence-electron chi connectivity index (χ0n) is 17.0. The molecule has 4 nitrogen and oxygen atoms in total. The molecule has 6 heteroatoms. The third-order valence-electron chi connectivity index (χ3n) is 5.67. The average molecular weight is 411 g/mol.